The van der Waals surface area contributed by atoms with Crippen molar-refractivity contribution in [3.05, 3.63) is 82.0 Å². The Morgan fingerprint density at radius 1 is 1.00 bits per heavy atom. The third-order valence-corrected chi connectivity index (χ3v) is 4.18. The topological polar surface area (TPSA) is 60.5 Å². The predicted octanol–water partition coefficient (Wildman–Crippen LogP) is 5.23. The Bertz CT molecular complexity index is 929. The van der Waals surface area contributed by atoms with Gasteiger partial charge in [-0.25, -0.2) is 4.98 Å². The fourth-order valence-corrected chi connectivity index (χ4v) is 2.55. The third-order valence-electron chi connectivity index (χ3n) is 3.70. The number of anilines is 1. The summed E-state index contributed by atoms with van der Waals surface area (Å²) in [5.74, 6) is 1.09. The summed E-state index contributed by atoms with van der Waals surface area (Å²) in [7, 11) is 1.52. The van der Waals surface area contributed by atoms with Crippen LogP contribution in [0.2, 0.25) is 10.0 Å². The number of pyridine rings is 1. The summed E-state index contributed by atoms with van der Waals surface area (Å²) in [6, 6.07) is 15.6. The number of methoxy groups -OCH3 is 1. The van der Waals surface area contributed by atoms with Crippen molar-refractivity contribution in [3.63, 3.8) is 0 Å². The van der Waals surface area contributed by atoms with E-state index >= 15 is 0 Å². The van der Waals surface area contributed by atoms with Crippen LogP contribution in [0.25, 0.3) is 0 Å². The summed E-state index contributed by atoms with van der Waals surface area (Å²) >= 11 is 11.7. The fraction of sp³-hybridized carbons (Fsp3) is 0.100. The smallest absolute Gasteiger partial charge is 0.256 e. The van der Waals surface area contributed by atoms with Crippen molar-refractivity contribution in [1.29, 1.82) is 0 Å². The van der Waals surface area contributed by atoms with E-state index in [0.717, 1.165) is 5.56 Å². The van der Waals surface area contributed by atoms with Gasteiger partial charge in [0.05, 0.1) is 12.1 Å². The van der Waals surface area contributed by atoms with Gasteiger partial charge in [-0.1, -0.05) is 35.3 Å². The highest BCUT2D eigenvalue weighted by molar-refractivity contribution is 6.30. The Morgan fingerprint density at radius 2 is 1.74 bits per heavy atom. The largest absolute Gasteiger partial charge is 0.493 e. The minimum Gasteiger partial charge on any atom is -0.493 e. The monoisotopic (exact) mass is 402 g/mol. The van der Waals surface area contributed by atoms with E-state index in [2.05, 4.69) is 10.3 Å². The summed E-state index contributed by atoms with van der Waals surface area (Å²) in [5, 5.41) is 3.87. The summed E-state index contributed by atoms with van der Waals surface area (Å²) in [6.07, 6.45) is 1.46. The van der Waals surface area contributed by atoms with Crippen LogP contribution in [-0.2, 0) is 6.61 Å². The molecule has 0 unspecified atom stereocenters. The molecule has 5 nitrogen and oxygen atoms in total. The Morgan fingerprint density at radius 3 is 2.41 bits per heavy atom. The van der Waals surface area contributed by atoms with Gasteiger partial charge in [-0.15, -0.1) is 0 Å². The van der Waals surface area contributed by atoms with Crippen LogP contribution in [0.4, 0.5) is 5.82 Å². The molecule has 0 bridgehead atoms. The zero-order valence-electron chi connectivity index (χ0n) is 14.4. The van der Waals surface area contributed by atoms with Crippen LogP contribution in [0.3, 0.4) is 0 Å². The van der Waals surface area contributed by atoms with Crippen molar-refractivity contribution in [2.24, 2.45) is 0 Å². The van der Waals surface area contributed by atoms with Gasteiger partial charge in [-0.3, -0.25) is 4.79 Å². The van der Waals surface area contributed by atoms with E-state index in [4.69, 9.17) is 32.7 Å². The van der Waals surface area contributed by atoms with E-state index in [0.29, 0.717) is 39.5 Å². The number of carbonyl (C=O) groups is 1. The minimum atomic E-state index is -0.313. The van der Waals surface area contributed by atoms with Gasteiger partial charge >= 0.3 is 0 Å². The Hall–Kier alpha value is -2.76. The standard InChI is InChI=1S/C20H16Cl2N2O3/c1-26-18-10-14(20(25)24-19-9-7-16(22)11-23-19)4-8-17(18)27-12-13-2-5-15(21)6-3-13/h2-11H,12H2,1H3,(H,23,24,25). The molecule has 1 amide bonds. The number of amides is 1. The van der Waals surface area contributed by atoms with Crippen LogP contribution in [0.15, 0.2) is 60.8 Å². The zero-order valence-corrected chi connectivity index (χ0v) is 15.9. The number of hydrogen-bond acceptors (Lipinski definition) is 4. The molecule has 0 saturated carbocycles. The quantitative estimate of drug-likeness (QED) is 0.613. The average Bonchev–Trinajstić information content (AvgIpc) is 2.69. The maximum atomic E-state index is 12.4. The molecule has 0 aliphatic carbocycles. The van der Waals surface area contributed by atoms with Gasteiger partial charge in [-0.2, -0.15) is 0 Å². The van der Waals surface area contributed by atoms with Crippen molar-refractivity contribution in [3.8, 4) is 11.5 Å². The summed E-state index contributed by atoms with van der Waals surface area (Å²) in [5.41, 5.74) is 1.39. The van der Waals surface area contributed by atoms with Crippen molar-refractivity contribution in [2.45, 2.75) is 6.61 Å². The molecule has 0 saturated heterocycles. The van der Waals surface area contributed by atoms with Gasteiger partial charge in [0.25, 0.3) is 5.91 Å². The maximum absolute atomic E-state index is 12.4. The highest BCUT2D eigenvalue weighted by atomic mass is 35.5. The van der Waals surface area contributed by atoms with Crippen LogP contribution in [0.5, 0.6) is 11.5 Å². The molecule has 1 aromatic heterocycles. The molecular formula is C20H16Cl2N2O3. The van der Waals surface area contributed by atoms with Gasteiger partial charge < -0.3 is 14.8 Å². The molecule has 0 aliphatic heterocycles. The molecule has 0 radical (unpaired) electrons. The van der Waals surface area contributed by atoms with Gasteiger partial charge in [0, 0.05) is 16.8 Å². The van der Waals surface area contributed by atoms with Gasteiger partial charge in [0.1, 0.15) is 12.4 Å². The first-order valence-corrected chi connectivity index (χ1v) is 8.79. The Labute approximate surface area is 166 Å². The maximum Gasteiger partial charge on any atom is 0.256 e. The molecule has 1 N–H and O–H groups in total. The molecule has 3 rings (SSSR count). The molecule has 7 heteroatoms. The summed E-state index contributed by atoms with van der Waals surface area (Å²) in [6.45, 7) is 0.355. The lowest BCUT2D eigenvalue weighted by Gasteiger charge is -2.12. The molecule has 0 spiro atoms. The predicted molar refractivity (Wildman–Crippen MR) is 106 cm³/mol. The number of rotatable bonds is 6. The number of benzene rings is 2. The van der Waals surface area contributed by atoms with Gasteiger partial charge in [-0.05, 0) is 48.0 Å². The zero-order chi connectivity index (χ0) is 19.2. The average molecular weight is 403 g/mol. The molecule has 0 fully saturated rings. The van der Waals surface area contributed by atoms with Gasteiger partial charge in [0.2, 0.25) is 0 Å². The van der Waals surface area contributed by atoms with E-state index in [1.165, 1.54) is 13.3 Å². The number of ether oxygens (including phenoxy) is 2. The van der Waals surface area contributed by atoms with E-state index in [9.17, 15) is 4.79 Å². The Balaban J connectivity index is 1.70. The number of aromatic nitrogens is 1. The lowest BCUT2D eigenvalue weighted by molar-refractivity contribution is 0.102. The van der Waals surface area contributed by atoms with Crippen LogP contribution in [0, 0.1) is 0 Å². The Kier molecular flexibility index (Phi) is 6.16. The molecule has 0 atom stereocenters. The van der Waals surface area contributed by atoms with Gasteiger partial charge in [0.15, 0.2) is 11.5 Å². The van der Waals surface area contributed by atoms with Crippen LogP contribution < -0.4 is 14.8 Å². The second-order valence-electron chi connectivity index (χ2n) is 5.60. The van der Waals surface area contributed by atoms with Crippen molar-refractivity contribution in [2.75, 3.05) is 12.4 Å². The van der Waals surface area contributed by atoms with Crippen LogP contribution >= 0.6 is 23.2 Å². The molecule has 2 aromatic carbocycles. The molecule has 138 valence electrons. The van der Waals surface area contributed by atoms with E-state index in [1.807, 2.05) is 12.1 Å². The number of hydrogen-bond donors (Lipinski definition) is 1. The first-order chi connectivity index (χ1) is 13.0. The second kappa shape index (κ2) is 8.75. The first-order valence-electron chi connectivity index (χ1n) is 8.03. The normalized spacial score (nSPS) is 10.3. The first kappa shape index (κ1) is 19.0. The second-order valence-corrected chi connectivity index (χ2v) is 6.47. The van der Waals surface area contributed by atoms with E-state index in [1.54, 1.807) is 42.5 Å². The minimum absolute atomic E-state index is 0.313. The van der Waals surface area contributed by atoms with Crippen LogP contribution in [0.1, 0.15) is 15.9 Å². The number of halogens is 2. The number of nitrogens with zero attached hydrogens (tertiary/aromatic N) is 1. The van der Waals surface area contributed by atoms with Crippen molar-refractivity contribution < 1.29 is 14.3 Å². The summed E-state index contributed by atoms with van der Waals surface area (Å²) in [4.78, 5) is 16.4. The highest BCUT2D eigenvalue weighted by Gasteiger charge is 2.12. The molecular weight excluding hydrogens is 387 g/mol. The SMILES string of the molecule is COc1cc(C(=O)Nc2ccc(Cl)cn2)ccc1OCc1ccc(Cl)cc1. The number of nitrogens with one attached hydrogen (secondary N) is 1. The summed E-state index contributed by atoms with van der Waals surface area (Å²) < 4.78 is 11.1. The fourth-order valence-electron chi connectivity index (χ4n) is 2.31. The van der Waals surface area contributed by atoms with E-state index < -0.39 is 0 Å². The lowest BCUT2D eigenvalue weighted by Crippen LogP contribution is -2.13. The van der Waals surface area contributed by atoms with E-state index in [-0.39, 0.29) is 5.91 Å². The number of carbonyl (C=O) groups excluding carboxylic acids is 1. The highest BCUT2D eigenvalue weighted by Crippen LogP contribution is 2.29. The van der Waals surface area contributed by atoms with Crippen molar-refractivity contribution >= 4 is 34.9 Å². The van der Waals surface area contributed by atoms with Crippen LogP contribution in [-0.4, -0.2) is 18.0 Å². The van der Waals surface area contributed by atoms with Crippen molar-refractivity contribution in [1.82, 2.24) is 4.98 Å². The third kappa shape index (κ3) is 5.12. The molecule has 1 heterocycles. The molecule has 27 heavy (non-hydrogen) atoms. The molecule has 0 aliphatic rings. The molecule has 3 aromatic rings. The lowest BCUT2D eigenvalue weighted by atomic mass is 10.2.